The number of aryl methyl sites for hydroxylation is 1. The van der Waals surface area contributed by atoms with E-state index in [0.29, 0.717) is 0 Å². The fourth-order valence-corrected chi connectivity index (χ4v) is 3.05. The van der Waals surface area contributed by atoms with E-state index in [4.69, 9.17) is 4.74 Å². The summed E-state index contributed by atoms with van der Waals surface area (Å²) in [5.74, 6) is 0.878. The zero-order valence-electron chi connectivity index (χ0n) is 13.1. The van der Waals surface area contributed by atoms with Crippen LogP contribution < -0.4 is 10.1 Å². The number of rotatable bonds is 5. The molecule has 0 saturated carbocycles. The van der Waals surface area contributed by atoms with Crippen LogP contribution in [0, 0.1) is 6.92 Å². The van der Waals surface area contributed by atoms with Crippen molar-refractivity contribution in [1.82, 2.24) is 15.1 Å². The van der Waals surface area contributed by atoms with Crippen molar-refractivity contribution in [3.63, 3.8) is 0 Å². The lowest BCUT2D eigenvalue weighted by Crippen LogP contribution is -2.23. The third-order valence-corrected chi connectivity index (χ3v) is 4.15. The Morgan fingerprint density at radius 2 is 2.05 bits per heavy atom. The fraction of sp³-hybridized carbons (Fsp3) is 0.438. The predicted molar refractivity (Wildman–Crippen MR) is 88.9 cm³/mol. The van der Waals surface area contributed by atoms with Gasteiger partial charge in [0.05, 0.1) is 29.5 Å². The summed E-state index contributed by atoms with van der Waals surface area (Å²) >= 11 is 3.63. The van der Waals surface area contributed by atoms with Crippen LogP contribution in [0.15, 0.2) is 28.9 Å². The van der Waals surface area contributed by atoms with Crippen molar-refractivity contribution >= 4 is 15.9 Å². The van der Waals surface area contributed by atoms with Gasteiger partial charge in [0.15, 0.2) is 0 Å². The maximum Gasteiger partial charge on any atom is 0.124 e. The number of halogens is 1. The molecule has 0 bridgehead atoms. The highest BCUT2D eigenvalue weighted by Crippen LogP contribution is 2.35. The van der Waals surface area contributed by atoms with Gasteiger partial charge in [0.2, 0.25) is 0 Å². The Bertz CT molecular complexity index is 622. The van der Waals surface area contributed by atoms with Crippen LogP contribution in [0.2, 0.25) is 0 Å². The Labute approximate surface area is 134 Å². The molecule has 2 aromatic rings. The largest absolute Gasteiger partial charge is 0.496 e. The summed E-state index contributed by atoms with van der Waals surface area (Å²) < 4.78 is 8.57. The Morgan fingerprint density at radius 1 is 1.33 bits per heavy atom. The minimum atomic E-state index is 0.0131. The van der Waals surface area contributed by atoms with Crippen LogP contribution in [-0.2, 0) is 0 Å². The average Bonchev–Trinajstić information content (AvgIpc) is 2.82. The van der Waals surface area contributed by atoms with Gasteiger partial charge in [0.1, 0.15) is 5.75 Å². The molecule has 0 spiro atoms. The summed E-state index contributed by atoms with van der Waals surface area (Å²) in [4.78, 5) is 0. The molecule has 1 atom stereocenters. The van der Waals surface area contributed by atoms with Crippen molar-refractivity contribution in [1.29, 1.82) is 0 Å². The quantitative estimate of drug-likeness (QED) is 0.888. The maximum absolute atomic E-state index is 5.54. The number of benzene rings is 1. The second kappa shape index (κ2) is 6.62. The molecule has 0 saturated heterocycles. The van der Waals surface area contributed by atoms with Crippen LogP contribution in [0.4, 0.5) is 0 Å². The van der Waals surface area contributed by atoms with Crippen LogP contribution in [0.25, 0.3) is 0 Å². The number of methoxy groups -OCH3 is 1. The summed E-state index contributed by atoms with van der Waals surface area (Å²) in [6.45, 7) is 6.34. The van der Waals surface area contributed by atoms with E-state index in [9.17, 15) is 0 Å². The molecule has 1 N–H and O–H groups in total. The molecule has 0 aliphatic carbocycles. The summed E-state index contributed by atoms with van der Waals surface area (Å²) in [5.41, 5.74) is 3.43. The lowest BCUT2D eigenvalue weighted by Gasteiger charge is -2.23. The first-order chi connectivity index (χ1) is 9.99. The maximum atomic E-state index is 5.54. The van der Waals surface area contributed by atoms with Gasteiger partial charge in [-0.2, -0.15) is 5.10 Å². The van der Waals surface area contributed by atoms with E-state index in [0.717, 1.165) is 21.5 Å². The first-order valence-electron chi connectivity index (χ1n) is 7.04. The molecule has 5 heteroatoms. The van der Waals surface area contributed by atoms with Gasteiger partial charge in [-0.25, -0.2) is 0 Å². The van der Waals surface area contributed by atoms with Crippen molar-refractivity contribution < 1.29 is 4.74 Å². The van der Waals surface area contributed by atoms with Crippen molar-refractivity contribution in [3.8, 4) is 5.75 Å². The SMILES string of the molecule is CNC(c1cc(C)ccc1OC)c1c(Br)cnn1C(C)C. The van der Waals surface area contributed by atoms with Gasteiger partial charge in [-0.05, 0) is 49.8 Å². The van der Waals surface area contributed by atoms with Gasteiger partial charge in [0.25, 0.3) is 0 Å². The van der Waals surface area contributed by atoms with E-state index in [1.165, 1.54) is 5.56 Å². The van der Waals surface area contributed by atoms with Gasteiger partial charge in [-0.3, -0.25) is 4.68 Å². The minimum absolute atomic E-state index is 0.0131. The molecule has 114 valence electrons. The second-order valence-electron chi connectivity index (χ2n) is 5.38. The van der Waals surface area contributed by atoms with Gasteiger partial charge in [0, 0.05) is 11.6 Å². The molecule has 1 unspecified atom stereocenters. The lowest BCUT2D eigenvalue weighted by molar-refractivity contribution is 0.401. The first-order valence-corrected chi connectivity index (χ1v) is 7.83. The molecule has 2 rings (SSSR count). The molecular weight excluding hydrogens is 330 g/mol. The van der Waals surface area contributed by atoms with Gasteiger partial charge < -0.3 is 10.1 Å². The van der Waals surface area contributed by atoms with E-state index in [1.807, 2.05) is 24.0 Å². The van der Waals surface area contributed by atoms with Crippen LogP contribution in [0.1, 0.15) is 42.8 Å². The Morgan fingerprint density at radius 3 is 2.62 bits per heavy atom. The van der Waals surface area contributed by atoms with E-state index < -0.39 is 0 Å². The predicted octanol–water partition coefficient (Wildman–Crippen LogP) is 3.85. The van der Waals surface area contributed by atoms with Crippen LogP contribution in [0.3, 0.4) is 0 Å². The number of nitrogens with zero attached hydrogens (tertiary/aromatic N) is 2. The highest BCUT2D eigenvalue weighted by Gasteiger charge is 2.24. The second-order valence-corrected chi connectivity index (χ2v) is 6.24. The lowest BCUT2D eigenvalue weighted by atomic mass is 10.00. The summed E-state index contributed by atoms with van der Waals surface area (Å²) in [5, 5.41) is 7.86. The molecule has 4 nitrogen and oxygen atoms in total. The first kappa shape index (κ1) is 16.0. The van der Waals surface area contributed by atoms with Gasteiger partial charge in [-0.15, -0.1) is 0 Å². The van der Waals surface area contributed by atoms with E-state index in [1.54, 1.807) is 7.11 Å². The topological polar surface area (TPSA) is 39.1 Å². The van der Waals surface area contributed by atoms with Crippen LogP contribution in [0.5, 0.6) is 5.75 Å². The Balaban J connectivity index is 2.60. The molecule has 1 heterocycles. The van der Waals surface area contributed by atoms with E-state index >= 15 is 0 Å². The van der Waals surface area contributed by atoms with Crippen molar-refractivity contribution in [2.45, 2.75) is 32.9 Å². The monoisotopic (exact) mass is 351 g/mol. The molecule has 0 aliphatic rings. The van der Waals surface area contributed by atoms with E-state index in [2.05, 4.69) is 59.2 Å². The third kappa shape index (κ3) is 3.14. The van der Waals surface area contributed by atoms with Crippen LogP contribution in [-0.4, -0.2) is 23.9 Å². The Hall–Kier alpha value is -1.33. The summed E-state index contributed by atoms with van der Waals surface area (Å²) in [6.07, 6.45) is 1.85. The summed E-state index contributed by atoms with van der Waals surface area (Å²) in [6, 6.07) is 6.53. The number of hydrogen-bond acceptors (Lipinski definition) is 3. The number of aromatic nitrogens is 2. The molecule has 0 amide bonds. The highest BCUT2D eigenvalue weighted by molar-refractivity contribution is 9.10. The number of ether oxygens (including phenoxy) is 1. The zero-order chi connectivity index (χ0) is 15.6. The molecule has 1 aromatic carbocycles. The molecule has 1 aromatic heterocycles. The molecule has 0 aliphatic heterocycles. The fourth-order valence-electron chi connectivity index (χ4n) is 2.55. The Kier molecular flexibility index (Phi) is 5.06. The zero-order valence-corrected chi connectivity index (χ0v) is 14.7. The summed E-state index contributed by atoms with van der Waals surface area (Å²) in [7, 11) is 3.66. The number of hydrogen-bond donors (Lipinski definition) is 1. The van der Waals surface area contributed by atoms with Crippen molar-refractivity contribution in [2.75, 3.05) is 14.2 Å². The van der Waals surface area contributed by atoms with Gasteiger partial charge >= 0.3 is 0 Å². The minimum Gasteiger partial charge on any atom is -0.496 e. The van der Waals surface area contributed by atoms with Gasteiger partial charge in [-0.1, -0.05) is 17.7 Å². The standard InChI is InChI=1S/C16H22BrN3O/c1-10(2)20-16(13(17)9-19-20)15(18-4)12-8-11(3)6-7-14(12)21-5/h6-10,15,18H,1-5H3. The van der Waals surface area contributed by atoms with Crippen LogP contribution >= 0.6 is 15.9 Å². The smallest absolute Gasteiger partial charge is 0.124 e. The van der Waals surface area contributed by atoms with Crippen molar-refractivity contribution in [3.05, 3.63) is 45.7 Å². The molecule has 0 radical (unpaired) electrons. The highest BCUT2D eigenvalue weighted by atomic mass is 79.9. The molecular formula is C16H22BrN3O. The molecule has 0 fully saturated rings. The number of nitrogens with one attached hydrogen (secondary N) is 1. The third-order valence-electron chi connectivity index (χ3n) is 3.53. The normalized spacial score (nSPS) is 12.7. The van der Waals surface area contributed by atoms with E-state index in [-0.39, 0.29) is 12.1 Å². The average molecular weight is 352 g/mol. The van der Waals surface area contributed by atoms with Crippen molar-refractivity contribution in [2.24, 2.45) is 0 Å². The molecule has 21 heavy (non-hydrogen) atoms.